The van der Waals surface area contributed by atoms with E-state index in [9.17, 15) is 9.90 Å². The number of hydrogen-bond donors (Lipinski definition) is 2. The fourth-order valence-electron chi connectivity index (χ4n) is 4.90. The summed E-state index contributed by atoms with van der Waals surface area (Å²) in [5.74, 6) is 0.599. The topological polar surface area (TPSA) is 76.4 Å². The van der Waals surface area contributed by atoms with Crippen LogP contribution in [0.1, 0.15) is 50.3 Å². The van der Waals surface area contributed by atoms with Crippen LogP contribution in [0.5, 0.6) is 0 Å². The minimum atomic E-state index is -0.810. The summed E-state index contributed by atoms with van der Waals surface area (Å²) in [6, 6.07) is 17.3. The number of carbonyl (C=O) groups excluding carboxylic acids is 1. The molecule has 156 valence electrons. The summed E-state index contributed by atoms with van der Waals surface area (Å²) in [5.41, 5.74) is 2.68. The Hall–Kier alpha value is -2.84. The van der Waals surface area contributed by atoms with E-state index in [1.165, 1.54) is 5.56 Å². The predicted molar refractivity (Wildman–Crippen MR) is 117 cm³/mol. The third-order valence-electron chi connectivity index (χ3n) is 6.59. The van der Waals surface area contributed by atoms with Crippen molar-refractivity contribution in [3.63, 3.8) is 0 Å². The number of hydrogen-bond acceptors (Lipinski definition) is 3. The zero-order valence-electron chi connectivity index (χ0n) is 17.9. The van der Waals surface area contributed by atoms with Crippen LogP contribution in [0, 0.1) is 23.2 Å². The van der Waals surface area contributed by atoms with E-state index in [4.69, 9.17) is 5.26 Å². The van der Waals surface area contributed by atoms with Crippen LogP contribution in [0.3, 0.4) is 0 Å². The normalized spacial score (nSPS) is 25.6. The van der Waals surface area contributed by atoms with Gasteiger partial charge in [0.2, 0.25) is 0 Å². The molecule has 2 unspecified atom stereocenters. The van der Waals surface area contributed by atoms with Gasteiger partial charge < -0.3 is 15.3 Å². The SMILES string of the molecule is CC(C)(C)c1ccc(C2(O)CC3CN(C(=O)Nc4cccc(C#N)c4)CC3C2)cc1. The van der Waals surface area contributed by atoms with Gasteiger partial charge in [0.25, 0.3) is 0 Å². The number of carbonyl (C=O) groups is 1. The first-order valence-corrected chi connectivity index (χ1v) is 10.6. The molecule has 1 saturated heterocycles. The Morgan fingerprint density at radius 3 is 2.33 bits per heavy atom. The maximum atomic E-state index is 12.7. The maximum absolute atomic E-state index is 12.7. The standard InChI is InChI=1S/C25H29N3O2/c1-24(2,3)20-7-9-21(10-8-20)25(30)12-18-15-28(16-19(18)13-25)23(29)27-22-6-4-5-17(11-22)14-26/h4-11,18-19,30H,12-13,15-16H2,1-3H3,(H,27,29). The third-order valence-corrected chi connectivity index (χ3v) is 6.59. The molecule has 0 aromatic heterocycles. The van der Waals surface area contributed by atoms with E-state index in [2.05, 4.69) is 56.4 Å². The van der Waals surface area contributed by atoms with Crippen molar-refractivity contribution in [2.24, 2.45) is 11.8 Å². The van der Waals surface area contributed by atoms with Crippen molar-refractivity contribution in [2.45, 2.75) is 44.6 Å². The highest BCUT2D eigenvalue weighted by molar-refractivity contribution is 5.89. The van der Waals surface area contributed by atoms with Crippen LogP contribution in [-0.4, -0.2) is 29.1 Å². The molecule has 0 radical (unpaired) electrons. The van der Waals surface area contributed by atoms with Gasteiger partial charge in [-0.3, -0.25) is 0 Å². The number of nitrogens with one attached hydrogen (secondary N) is 1. The Balaban J connectivity index is 1.39. The first-order chi connectivity index (χ1) is 14.2. The molecule has 2 amide bonds. The second kappa shape index (κ2) is 7.45. The van der Waals surface area contributed by atoms with Gasteiger partial charge in [-0.15, -0.1) is 0 Å². The van der Waals surface area contributed by atoms with Crippen molar-refractivity contribution in [3.05, 3.63) is 65.2 Å². The van der Waals surface area contributed by atoms with Crippen LogP contribution in [-0.2, 0) is 11.0 Å². The summed E-state index contributed by atoms with van der Waals surface area (Å²) < 4.78 is 0. The van der Waals surface area contributed by atoms with Crippen molar-refractivity contribution in [2.75, 3.05) is 18.4 Å². The van der Waals surface area contributed by atoms with E-state index in [0.717, 1.165) is 5.56 Å². The Morgan fingerprint density at radius 2 is 1.77 bits per heavy atom. The summed E-state index contributed by atoms with van der Waals surface area (Å²) in [4.78, 5) is 14.5. The van der Waals surface area contributed by atoms with E-state index < -0.39 is 5.60 Å². The molecule has 30 heavy (non-hydrogen) atoms. The molecule has 4 rings (SSSR count). The van der Waals surface area contributed by atoms with Crippen LogP contribution in [0.4, 0.5) is 10.5 Å². The number of benzene rings is 2. The van der Waals surface area contributed by atoms with Crippen LogP contribution in [0.2, 0.25) is 0 Å². The molecule has 2 atom stereocenters. The molecular formula is C25H29N3O2. The van der Waals surface area contributed by atoms with Gasteiger partial charge in [-0.2, -0.15) is 5.26 Å². The van der Waals surface area contributed by atoms with Gasteiger partial charge >= 0.3 is 6.03 Å². The van der Waals surface area contributed by atoms with E-state index in [0.29, 0.717) is 49.0 Å². The van der Waals surface area contributed by atoms with Crippen molar-refractivity contribution in [1.29, 1.82) is 5.26 Å². The molecule has 0 bridgehead atoms. The van der Waals surface area contributed by atoms with Crippen molar-refractivity contribution < 1.29 is 9.90 Å². The zero-order valence-corrected chi connectivity index (χ0v) is 17.9. The van der Waals surface area contributed by atoms with Gasteiger partial charge in [0, 0.05) is 18.8 Å². The third kappa shape index (κ3) is 3.93. The fraction of sp³-hybridized carbons (Fsp3) is 0.440. The lowest BCUT2D eigenvalue weighted by atomic mass is 9.84. The van der Waals surface area contributed by atoms with Gasteiger partial charge in [-0.05, 0) is 59.4 Å². The monoisotopic (exact) mass is 403 g/mol. The number of urea groups is 1. The van der Waals surface area contributed by atoms with Crippen LogP contribution < -0.4 is 5.32 Å². The molecule has 1 aliphatic heterocycles. The van der Waals surface area contributed by atoms with Crippen LogP contribution in [0.15, 0.2) is 48.5 Å². The van der Waals surface area contributed by atoms with Crippen molar-refractivity contribution in [3.8, 4) is 6.07 Å². The van der Waals surface area contributed by atoms with Crippen molar-refractivity contribution >= 4 is 11.7 Å². The molecule has 1 saturated carbocycles. The summed E-state index contributed by atoms with van der Waals surface area (Å²) >= 11 is 0. The van der Waals surface area contributed by atoms with Gasteiger partial charge in [0.1, 0.15) is 0 Å². The lowest BCUT2D eigenvalue weighted by Crippen LogP contribution is -2.35. The Labute approximate surface area is 178 Å². The van der Waals surface area contributed by atoms with E-state index in [-0.39, 0.29) is 11.4 Å². The molecular weight excluding hydrogens is 374 g/mol. The molecule has 2 aliphatic rings. The number of nitrogens with zero attached hydrogens (tertiary/aromatic N) is 2. The first-order valence-electron chi connectivity index (χ1n) is 10.6. The Bertz CT molecular complexity index is 971. The number of amides is 2. The molecule has 2 aromatic carbocycles. The minimum Gasteiger partial charge on any atom is -0.385 e. The maximum Gasteiger partial charge on any atom is 0.321 e. The highest BCUT2D eigenvalue weighted by Gasteiger charge is 2.49. The van der Waals surface area contributed by atoms with Gasteiger partial charge in [-0.1, -0.05) is 51.1 Å². The summed E-state index contributed by atoms with van der Waals surface area (Å²) in [6.07, 6.45) is 1.36. The second-order valence-corrected chi connectivity index (χ2v) is 9.82. The lowest BCUT2D eigenvalue weighted by molar-refractivity contribution is 0.0328. The molecule has 1 aliphatic carbocycles. The van der Waals surface area contributed by atoms with Gasteiger partial charge in [0.05, 0.1) is 17.2 Å². The lowest BCUT2D eigenvalue weighted by Gasteiger charge is -2.28. The molecule has 2 aromatic rings. The number of anilines is 1. The van der Waals surface area contributed by atoms with Gasteiger partial charge in [-0.25, -0.2) is 4.79 Å². The summed E-state index contributed by atoms with van der Waals surface area (Å²) in [5, 5.41) is 23.2. The summed E-state index contributed by atoms with van der Waals surface area (Å²) in [6.45, 7) is 7.86. The summed E-state index contributed by atoms with van der Waals surface area (Å²) in [7, 11) is 0. The number of rotatable bonds is 2. The van der Waals surface area contributed by atoms with Crippen molar-refractivity contribution in [1.82, 2.24) is 4.90 Å². The molecule has 2 N–H and O–H groups in total. The zero-order chi connectivity index (χ0) is 21.5. The first kappa shape index (κ1) is 20.4. The van der Waals surface area contributed by atoms with Gasteiger partial charge in [0.15, 0.2) is 0 Å². The molecule has 1 heterocycles. The predicted octanol–water partition coefficient (Wildman–Crippen LogP) is 4.62. The molecule has 0 spiro atoms. The van der Waals surface area contributed by atoms with Crippen LogP contribution in [0.25, 0.3) is 0 Å². The van der Waals surface area contributed by atoms with E-state index >= 15 is 0 Å². The average molecular weight is 404 g/mol. The largest absolute Gasteiger partial charge is 0.385 e. The number of fused-ring (bicyclic) bond motifs is 1. The Morgan fingerprint density at radius 1 is 1.13 bits per heavy atom. The second-order valence-electron chi connectivity index (χ2n) is 9.82. The van der Waals surface area contributed by atoms with E-state index in [1.54, 1.807) is 24.3 Å². The van der Waals surface area contributed by atoms with E-state index in [1.807, 2.05) is 4.90 Å². The highest BCUT2D eigenvalue weighted by Crippen LogP contribution is 2.49. The number of nitriles is 1. The molecule has 5 heteroatoms. The number of aliphatic hydroxyl groups is 1. The average Bonchev–Trinajstić information content (AvgIpc) is 3.23. The fourth-order valence-corrected chi connectivity index (χ4v) is 4.90. The molecule has 5 nitrogen and oxygen atoms in total. The smallest absolute Gasteiger partial charge is 0.321 e. The minimum absolute atomic E-state index is 0.0912. The van der Waals surface area contributed by atoms with Crippen LogP contribution >= 0.6 is 0 Å². The quantitative estimate of drug-likeness (QED) is 0.768. The Kier molecular flexibility index (Phi) is 5.07. The molecule has 2 fully saturated rings. The number of likely N-dealkylation sites (tertiary alicyclic amines) is 1. The highest BCUT2D eigenvalue weighted by atomic mass is 16.3.